The molecular weight excluding hydrogens is 298 g/mol. The zero-order valence-electron chi connectivity index (χ0n) is 12.7. The van der Waals surface area contributed by atoms with E-state index in [0.29, 0.717) is 13.2 Å². The van der Waals surface area contributed by atoms with E-state index in [1.54, 1.807) is 7.11 Å². The minimum Gasteiger partial charge on any atom is -1.00 e. The Kier molecular flexibility index (Phi) is 8.11. The molecule has 0 fully saturated rings. The van der Waals surface area contributed by atoms with Gasteiger partial charge in [0.15, 0.2) is 11.5 Å². The van der Waals surface area contributed by atoms with Crippen LogP contribution in [0.2, 0.25) is 0 Å². The molecule has 0 radical (unpaired) electrons. The number of halogens is 1. The molecule has 0 spiro atoms. The van der Waals surface area contributed by atoms with Gasteiger partial charge in [-0.3, -0.25) is 0 Å². The van der Waals surface area contributed by atoms with Gasteiger partial charge in [-0.15, -0.1) is 6.58 Å². The van der Waals surface area contributed by atoms with Crippen LogP contribution in [0.5, 0.6) is 11.5 Å². The normalized spacial score (nSPS) is 9.68. The van der Waals surface area contributed by atoms with Gasteiger partial charge in [-0.25, -0.2) is 0 Å². The maximum atomic E-state index is 5.99. The fraction of sp³-hybridized carbons (Fsp3) is 0.222. The molecule has 0 saturated heterocycles. The van der Waals surface area contributed by atoms with Crippen molar-refractivity contribution in [3.63, 3.8) is 0 Å². The second-order valence-corrected chi connectivity index (χ2v) is 4.64. The molecule has 0 amide bonds. The number of nitrogens with one attached hydrogen (secondary N) is 1. The molecule has 0 aliphatic rings. The zero-order valence-corrected chi connectivity index (χ0v) is 13.5. The number of methoxy groups -OCH3 is 1. The molecule has 22 heavy (non-hydrogen) atoms. The minimum atomic E-state index is 0. The standard InChI is InChI=1S/C18H21NO2.ClH/c1-3-12-19-13-16-10-7-11-17(20-2)18(16)21-14-15-8-5-4-6-9-15;/h3-11,19H,1,12-14H2,2H3;1H/p-1. The van der Waals surface area contributed by atoms with Crippen molar-refractivity contribution in [2.45, 2.75) is 13.2 Å². The van der Waals surface area contributed by atoms with Gasteiger partial charge < -0.3 is 27.2 Å². The summed E-state index contributed by atoms with van der Waals surface area (Å²) in [5, 5.41) is 3.29. The summed E-state index contributed by atoms with van der Waals surface area (Å²) in [5.74, 6) is 1.55. The van der Waals surface area contributed by atoms with Gasteiger partial charge in [0.05, 0.1) is 7.11 Å². The lowest BCUT2D eigenvalue weighted by Gasteiger charge is -2.15. The number of benzene rings is 2. The third-order valence-electron chi connectivity index (χ3n) is 3.11. The van der Waals surface area contributed by atoms with E-state index in [-0.39, 0.29) is 12.4 Å². The average molecular weight is 319 g/mol. The topological polar surface area (TPSA) is 30.5 Å². The third kappa shape index (κ3) is 5.10. The van der Waals surface area contributed by atoms with Crippen LogP contribution in [0.3, 0.4) is 0 Å². The second kappa shape index (κ2) is 9.87. The van der Waals surface area contributed by atoms with E-state index in [1.165, 1.54) is 0 Å². The van der Waals surface area contributed by atoms with Crippen LogP contribution in [0.25, 0.3) is 0 Å². The van der Waals surface area contributed by atoms with E-state index in [0.717, 1.165) is 29.2 Å². The summed E-state index contributed by atoms with van der Waals surface area (Å²) in [6.45, 7) is 5.70. The first kappa shape index (κ1) is 18.1. The summed E-state index contributed by atoms with van der Waals surface area (Å²) in [6.07, 6.45) is 1.84. The Morgan fingerprint density at radius 2 is 1.86 bits per heavy atom. The molecule has 2 aromatic rings. The SMILES string of the molecule is C=CCNCc1cccc(OC)c1OCc1ccccc1.[Cl-]. The molecule has 1 N–H and O–H groups in total. The average Bonchev–Trinajstić information content (AvgIpc) is 2.54. The van der Waals surface area contributed by atoms with E-state index >= 15 is 0 Å². The highest BCUT2D eigenvalue weighted by Crippen LogP contribution is 2.31. The van der Waals surface area contributed by atoms with Crippen LogP contribution in [0, 0.1) is 0 Å². The van der Waals surface area contributed by atoms with Gasteiger partial charge >= 0.3 is 0 Å². The third-order valence-corrected chi connectivity index (χ3v) is 3.11. The molecule has 0 saturated carbocycles. The van der Waals surface area contributed by atoms with Gasteiger partial charge in [-0.2, -0.15) is 0 Å². The van der Waals surface area contributed by atoms with E-state index < -0.39 is 0 Å². The molecule has 0 aliphatic carbocycles. The minimum absolute atomic E-state index is 0. The Bertz CT molecular complexity index is 573. The Labute approximate surface area is 138 Å². The fourth-order valence-electron chi connectivity index (χ4n) is 2.06. The summed E-state index contributed by atoms with van der Waals surface area (Å²) in [5.41, 5.74) is 2.21. The summed E-state index contributed by atoms with van der Waals surface area (Å²) in [7, 11) is 1.66. The van der Waals surface area contributed by atoms with E-state index in [1.807, 2.05) is 54.6 Å². The van der Waals surface area contributed by atoms with Gasteiger partial charge in [0.25, 0.3) is 0 Å². The van der Waals surface area contributed by atoms with Crippen LogP contribution in [-0.2, 0) is 13.2 Å². The van der Waals surface area contributed by atoms with Crippen molar-refractivity contribution < 1.29 is 21.9 Å². The molecule has 2 aromatic carbocycles. The first-order chi connectivity index (χ1) is 10.3. The van der Waals surface area contributed by atoms with Crippen molar-refractivity contribution in [2.24, 2.45) is 0 Å². The molecule has 0 heterocycles. The van der Waals surface area contributed by atoms with Crippen molar-refractivity contribution in [3.05, 3.63) is 72.3 Å². The highest BCUT2D eigenvalue weighted by Gasteiger charge is 2.10. The maximum absolute atomic E-state index is 5.99. The lowest BCUT2D eigenvalue weighted by Crippen LogP contribution is -3.00. The first-order valence-corrected chi connectivity index (χ1v) is 6.99. The molecule has 0 aromatic heterocycles. The smallest absolute Gasteiger partial charge is 0.166 e. The summed E-state index contributed by atoms with van der Waals surface area (Å²) in [4.78, 5) is 0. The summed E-state index contributed by atoms with van der Waals surface area (Å²) in [6, 6.07) is 16.0. The highest BCUT2D eigenvalue weighted by molar-refractivity contribution is 5.46. The van der Waals surface area contributed by atoms with Gasteiger partial charge in [0.1, 0.15) is 6.61 Å². The molecule has 0 bridgehead atoms. The number of para-hydroxylation sites is 1. The highest BCUT2D eigenvalue weighted by atomic mass is 35.5. The van der Waals surface area contributed by atoms with Crippen molar-refractivity contribution >= 4 is 0 Å². The largest absolute Gasteiger partial charge is 1.00 e. The van der Waals surface area contributed by atoms with Crippen molar-refractivity contribution in [2.75, 3.05) is 13.7 Å². The predicted molar refractivity (Wildman–Crippen MR) is 85.7 cm³/mol. The first-order valence-electron chi connectivity index (χ1n) is 6.99. The van der Waals surface area contributed by atoms with Crippen molar-refractivity contribution in [1.29, 1.82) is 0 Å². The molecule has 0 aliphatic heterocycles. The van der Waals surface area contributed by atoms with E-state index in [9.17, 15) is 0 Å². The van der Waals surface area contributed by atoms with Crippen molar-refractivity contribution in [3.8, 4) is 11.5 Å². The maximum Gasteiger partial charge on any atom is 0.166 e. The van der Waals surface area contributed by atoms with E-state index in [2.05, 4.69) is 11.9 Å². The van der Waals surface area contributed by atoms with Crippen LogP contribution in [0.1, 0.15) is 11.1 Å². The van der Waals surface area contributed by atoms with Gasteiger partial charge in [0, 0.05) is 18.7 Å². The lowest BCUT2D eigenvalue weighted by atomic mass is 10.1. The molecular formula is C18H21ClNO2-. The van der Waals surface area contributed by atoms with Crippen LogP contribution >= 0.6 is 0 Å². The zero-order chi connectivity index (χ0) is 14.9. The van der Waals surface area contributed by atoms with Crippen LogP contribution in [-0.4, -0.2) is 13.7 Å². The van der Waals surface area contributed by atoms with Crippen LogP contribution in [0.15, 0.2) is 61.2 Å². The van der Waals surface area contributed by atoms with Gasteiger partial charge in [-0.1, -0.05) is 48.5 Å². The molecule has 4 heteroatoms. The predicted octanol–water partition coefficient (Wildman–Crippen LogP) is 0.554. The molecule has 3 nitrogen and oxygen atoms in total. The lowest BCUT2D eigenvalue weighted by molar-refractivity contribution is -0.00000482. The Balaban J connectivity index is 0.00000242. The van der Waals surface area contributed by atoms with Gasteiger partial charge in [-0.05, 0) is 11.6 Å². The van der Waals surface area contributed by atoms with Crippen LogP contribution < -0.4 is 27.2 Å². The summed E-state index contributed by atoms with van der Waals surface area (Å²) < 4.78 is 11.4. The molecule has 2 rings (SSSR count). The van der Waals surface area contributed by atoms with Gasteiger partial charge in [0.2, 0.25) is 0 Å². The fourth-order valence-corrected chi connectivity index (χ4v) is 2.06. The number of hydrogen-bond acceptors (Lipinski definition) is 3. The summed E-state index contributed by atoms with van der Waals surface area (Å²) >= 11 is 0. The Hall–Kier alpha value is -1.97. The Morgan fingerprint density at radius 1 is 1.09 bits per heavy atom. The number of rotatable bonds is 8. The second-order valence-electron chi connectivity index (χ2n) is 4.64. The monoisotopic (exact) mass is 318 g/mol. The number of ether oxygens (including phenoxy) is 2. The van der Waals surface area contributed by atoms with Crippen LogP contribution in [0.4, 0.5) is 0 Å². The molecule has 0 unspecified atom stereocenters. The van der Waals surface area contributed by atoms with E-state index in [4.69, 9.17) is 9.47 Å². The Morgan fingerprint density at radius 3 is 2.55 bits per heavy atom. The quantitative estimate of drug-likeness (QED) is 0.570. The molecule has 0 atom stereocenters. The number of hydrogen-bond donors (Lipinski definition) is 1. The van der Waals surface area contributed by atoms with Crippen molar-refractivity contribution in [1.82, 2.24) is 5.32 Å². The molecule has 118 valence electrons.